The quantitative estimate of drug-likeness (QED) is 0.758. The molecule has 1 heterocycles. The lowest BCUT2D eigenvalue weighted by Gasteiger charge is -2.23. The second-order valence-electron chi connectivity index (χ2n) is 6.26. The van der Waals surface area contributed by atoms with Gasteiger partial charge in [0.15, 0.2) is 5.17 Å². The molecule has 0 aromatic heterocycles. The Bertz CT molecular complexity index is 652. The number of aliphatic imine (C=N–C) groups is 1. The van der Waals surface area contributed by atoms with Crippen molar-refractivity contribution in [3.05, 3.63) is 71.8 Å². The van der Waals surface area contributed by atoms with Gasteiger partial charge in [0.2, 0.25) is 0 Å². The van der Waals surface area contributed by atoms with Crippen molar-refractivity contribution in [2.24, 2.45) is 4.99 Å². The van der Waals surface area contributed by atoms with E-state index in [2.05, 4.69) is 86.3 Å². The summed E-state index contributed by atoms with van der Waals surface area (Å²) in [6, 6.07) is 22.0. The molecule has 0 bridgehead atoms. The van der Waals surface area contributed by atoms with Crippen molar-refractivity contribution in [2.75, 3.05) is 6.54 Å². The van der Waals surface area contributed by atoms with E-state index >= 15 is 0 Å². The molecule has 0 unspecified atom stereocenters. The number of amidine groups is 1. The molecule has 120 valence electrons. The zero-order chi connectivity index (χ0) is 16.2. The third-order valence-corrected chi connectivity index (χ3v) is 5.49. The monoisotopic (exact) mass is 324 g/mol. The zero-order valence-corrected chi connectivity index (χ0v) is 14.8. The summed E-state index contributed by atoms with van der Waals surface area (Å²) in [5.74, 6) is 0. The maximum atomic E-state index is 5.03. The largest absolute Gasteiger partial charge is 0.348 e. The summed E-state index contributed by atoms with van der Waals surface area (Å²) in [4.78, 5) is 7.46. The Morgan fingerprint density at radius 3 is 2.17 bits per heavy atom. The van der Waals surface area contributed by atoms with Crippen LogP contribution < -0.4 is 0 Å². The van der Waals surface area contributed by atoms with Gasteiger partial charge in [-0.15, -0.1) is 0 Å². The standard InChI is InChI=1S/C20H24N2S/c1-15(2)22-14-19(18-12-8-5-9-13-18)23-20(22)21-16(3)17-10-6-4-7-11-17/h4-13,15-16,19H,14H2,1-3H3/t16-,19+/m1/s1. The van der Waals surface area contributed by atoms with E-state index in [-0.39, 0.29) is 6.04 Å². The summed E-state index contributed by atoms with van der Waals surface area (Å²) in [5, 5.41) is 1.64. The Hall–Kier alpha value is -1.74. The molecule has 1 aliphatic heterocycles. The number of nitrogens with zero attached hydrogens (tertiary/aromatic N) is 2. The molecule has 0 saturated carbocycles. The Morgan fingerprint density at radius 1 is 0.957 bits per heavy atom. The lowest BCUT2D eigenvalue weighted by molar-refractivity contribution is 0.365. The van der Waals surface area contributed by atoms with Gasteiger partial charge in [-0.2, -0.15) is 0 Å². The van der Waals surface area contributed by atoms with Crippen LogP contribution in [0.2, 0.25) is 0 Å². The molecule has 1 fully saturated rings. The molecule has 2 atom stereocenters. The van der Waals surface area contributed by atoms with E-state index < -0.39 is 0 Å². The second-order valence-corrected chi connectivity index (χ2v) is 7.43. The molecule has 2 nitrogen and oxygen atoms in total. The molecule has 0 radical (unpaired) electrons. The highest BCUT2D eigenvalue weighted by Gasteiger charge is 2.31. The fourth-order valence-electron chi connectivity index (χ4n) is 2.84. The zero-order valence-electron chi connectivity index (χ0n) is 14.0. The molecule has 2 aromatic rings. The topological polar surface area (TPSA) is 15.6 Å². The van der Waals surface area contributed by atoms with Gasteiger partial charge in [0, 0.05) is 12.6 Å². The third kappa shape index (κ3) is 3.78. The summed E-state index contributed by atoms with van der Waals surface area (Å²) < 4.78 is 0. The Morgan fingerprint density at radius 2 is 1.57 bits per heavy atom. The van der Waals surface area contributed by atoms with Crippen molar-refractivity contribution >= 4 is 16.9 Å². The minimum absolute atomic E-state index is 0.189. The number of thioether (sulfide) groups is 1. The van der Waals surface area contributed by atoms with Crippen molar-refractivity contribution in [1.29, 1.82) is 0 Å². The van der Waals surface area contributed by atoms with Crippen LogP contribution in [0.15, 0.2) is 65.7 Å². The predicted molar refractivity (Wildman–Crippen MR) is 101 cm³/mol. The molecule has 0 spiro atoms. The first-order valence-corrected chi connectivity index (χ1v) is 9.14. The molecule has 3 heteroatoms. The average Bonchev–Trinajstić information content (AvgIpc) is 3.00. The Balaban J connectivity index is 1.83. The summed E-state index contributed by atoms with van der Waals surface area (Å²) >= 11 is 1.90. The van der Waals surface area contributed by atoms with Crippen molar-refractivity contribution in [1.82, 2.24) is 4.90 Å². The van der Waals surface area contributed by atoms with Gasteiger partial charge in [-0.3, -0.25) is 4.99 Å². The smallest absolute Gasteiger partial charge is 0.160 e. The van der Waals surface area contributed by atoms with Crippen LogP contribution in [0.4, 0.5) is 0 Å². The van der Waals surface area contributed by atoms with Crippen LogP contribution in [-0.4, -0.2) is 22.7 Å². The van der Waals surface area contributed by atoms with Crippen LogP contribution in [-0.2, 0) is 0 Å². The molecule has 0 N–H and O–H groups in total. The van der Waals surface area contributed by atoms with Gasteiger partial charge in [-0.05, 0) is 31.9 Å². The van der Waals surface area contributed by atoms with Crippen LogP contribution in [0.1, 0.15) is 43.2 Å². The molecule has 1 saturated heterocycles. The highest BCUT2D eigenvalue weighted by molar-refractivity contribution is 8.14. The first-order chi connectivity index (χ1) is 11.1. The lowest BCUT2D eigenvalue weighted by Crippen LogP contribution is -2.32. The average molecular weight is 324 g/mol. The molecular formula is C20H24N2S. The first-order valence-electron chi connectivity index (χ1n) is 8.26. The lowest BCUT2D eigenvalue weighted by atomic mass is 10.1. The first kappa shape index (κ1) is 16.1. The maximum absolute atomic E-state index is 5.03. The minimum atomic E-state index is 0.189. The summed E-state index contributed by atoms with van der Waals surface area (Å²) in [5.41, 5.74) is 2.66. The van der Waals surface area contributed by atoms with Gasteiger partial charge in [-0.1, -0.05) is 72.4 Å². The van der Waals surface area contributed by atoms with Gasteiger partial charge in [-0.25, -0.2) is 0 Å². The highest BCUT2D eigenvalue weighted by atomic mass is 32.2. The fraction of sp³-hybridized carbons (Fsp3) is 0.350. The third-order valence-electron chi connectivity index (χ3n) is 4.24. The van der Waals surface area contributed by atoms with E-state index in [9.17, 15) is 0 Å². The van der Waals surface area contributed by atoms with Crippen LogP contribution in [0.5, 0.6) is 0 Å². The molecule has 3 rings (SSSR count). The van der Waals surface area contributed by atoms with Crippen molar-refractivity contribution in [2.45, 2.75) is 38.1 Å². The van der Waals surface area contributed by atoms with Crippen LogP contribution in [0.3, 0.4) is 0 Å². The van der Waals surface area contributed by atoms with Crippen LogP contribution >= 0.6 is 11.8 Å². The van der Waals surface area contributed by atoms with E-state index in [0.29, 0.717) is 11.3 Å². The molecule has 23 heavy (non-hydrogen) atoms. The van der Waals surface area contributed by atoms with Gasteiger partial charge in [0.25, 0.3) is 0 Å². The van der Waals surface area contributed by atoms with Crippen molar-refractivity contribution in [3.63, 3.8) is 0 Å². The molecular weight excluding hydrogens is 300 g/mol. The molecule has 2 aromatic carbocycles. The van der Waals surface area contributed by atoms with Crippen molar-refractivity contribution in [3.8, 4) is 0 Å². The van der Waals surface area contributed by atoms with Gasteiger partial charge < -0.3 is 4.90 Å². The second kappa shape index (κ2) is 7.22. The highest BCUT2D eigenvalue weighted by Crippen LogP contribution is 2.40. The van der Waals surface area contributed by atoms with E-state index in [1.54, 1.807) is 0 Å². The summed E-state index contributed by atoms with van der Waals surface area (Å²) in [7, 11) is 0. The Labute approximate surface area is 143 Å². The molecule has 0 amide bonds. The number of hydrogen-bond donors (Lipinski definition) is 0. The normalized spacial score (nSPS) is 21.1. The minimum Gasteiger partial charge on any atom is -0.348 e. The van der Waals surface area contributed by atoms with Gasteiger partial charge in [0.05, 0.1) is 11.3 Å². The van der Waals surface area contributed by atoms with E-state index in [4.69, 9.17) is 4.99 Å². The van der Waals surface area contributed by atoms with Crippen molar-refractivity contribution < 1.29 is 0 Å². The van der Waals surface area contributed by atoms with E-state index in [0.717, 1.165) is 6.54 Å². The summed E-state index contributed by atoms with van der Waals surface area (Å²) in [6.45, 7) is 7.71. The van der Waals surface area contributed by atoms with E-state index in [1.807, 2.05) is 11.8 Å². The number of hydrogen-bond acceptors (Lipinski definition) is 2. The molecule has 0 aliphatic carbocycles. The SMILES string of the molecule is CC(C)N1C[C@@H](c2ccccc2)SC1=N[C@H](C)c1ccccc1. The van der Waals surface area contributed by atoms with Crippen LogP contribution in [0, 0.1) is 0 Å². The summed E-state index contributed by atoms with van der Waals surface area (Å²) in [6.07, 6.45) is 0. The van der Waals surface area contributed by atoms with Gasteiger partial charge >= 0.3 is 0 Å². The predicted octanol–water partition coefficient (Wildman–Crippen LogP) is 5.30. The molecule has 1 aliphatic rings. The number of rotatable bonds is 4. The van der Waals surface area contributed by atoms with Gasteiger partial charge in [0.1, 0.15) is 0 Å². The maximum Gasteiger partial charge on any atom is 0.160 e. The number of benzene rings is 2. The Kier molecular flexibility index (Phi) is 5.06. The van der Waals surface area contributed by atoms with Crippen LogP contribution in [0.25, 0.3) is 0 Å². The fourth-order valence-corrected chi connectivity index (χ4v) is 4.26. The van der Waals surface area contributed by atoms with E-state index in [1.165, 1.54) is 16.3 Å².